The van der Waals surface area contributed by atoms with Crippen molar-refractivity contribution in [2.45, 2.75) is 24.6 Å². The van der Waals surface area contributed by atoms with Crippen LogP contribution in [0, 0.1) is 6.92 Å². The van der Waals surface area contributed by atoms with Crippen LogP contribution < -0.4 is 5.32 Å². The molecule has 1 saturated heterocycles. The first kappa shape index (κ1) is 22.4. The Kier molecular flexibility index (Phi) is 5.56. The lowest BCUT2D eigenvalue weighted by Crippen LogP contribution is -2.20. The molecule has 1 unspecified atom stereocenters. The number of fused-ring (bicyclic) bond motifs is 1. The Hall–Kier alpha value is -3.39. The molecular formula is C21H24N8O4S. The van der Waals surface area contributed by atoms with Crippen LogP contribution in [0.1, 0.15) is 11.3 Å². The fourth-order valence-corrected chi connectivity index (χ4v) is 4.69. The summed E-state index contributed by atoms with van der Waals surface area (Å²) in [5, 5.41) is 23.7. The third kappa shape index (κ3) is 4.37. The van der Waals surface area contributed by atoms with Crippen molar-refractivity contribution in [3.8, 4) is 5.82 Å². The van der Waals surface area contributed by atoms with Gasteiger partial charge in [0.1, 0.15) is 0 Å². The summed E-state index contributed by atoms with van der Waals surface area (Å²) in [5.41, 5.74) is 3.12. The third-order valence-corrected chi connectivity index (χ3v) is 6.51. The van der Waals surface area contributed by atoms with E-state index in [2.05, 4.69) is 25.5 Å². The molecule has 1 aliphatic rings. The Morgan fingerprint density at radius 3 is 2.82 bits per heavy atom. The second kappa shape index (κ2) is 8.43. The monoisotopic (exact) mass is 484 g/mol. The Bertz CT molecular complexity index is 1480. The van der Waals surface area contributed by atoms with Gasteiger partial charge in [-0.15, -0.1) is 0 Å². The van der Waals surface area contributed by atoms with E-state index in [0.717, 1.165) is 17.5 Å². The molecule has 0 bridgehead atoms. The van der Waals surface area contributed by atoms with Gasteiger partial charge < -0.3 is 10.4 Å². The lowest BCUT2D eigenvalue weighted by atomic mass is 10.2. The van der Waals surface area contributed by atoms with Crippen LogP contribution >= 0.6 is 0 Å². The number of hydrogen-bond acceptors (Lipinski definition) is 10. The highest BCUT2D eigenvalue weighted by Crippen LogP contribution is 2.26. The van der Waals surface area contributed by atoms with Gasteiger partial charge >= 0.3 is 0 Å². The minimum atomic E-state index is -3.48. The molecule has 0 aliphatic carbocycles. The molecule has 13 heteroatoms. The van der Waals surface area contributed by atoms with E-state index >= 15 is 0 Å². The second-order valence-electron chi connectivity index (χ2n) is 8.25. The average Bonchev–Trinajstić information content (AvgIpc) is 3.46. The molecule has 12 nitrogen and oxygen atoms in total. The first-order valence-electron chi connectivity index (χ1n) is 10.6. The van der Waals surface area contributed by atoms with Crippen LogP contribution in [0.5, 0.6) is 0 Å². The molecular weight excluding hydrogens is 460 g/mol. The van der Waals surface area contributed by atoms with Crippen LogP contribution in [0.3, 0.4) is 0 Å². The van der Waals surface area contributed by atoms with Gasteiger partial charge in [0.25, 0.3) is 0 Å². The summed E-state index contributed by atoms with van der Waals surface area (Å²) in [5.74, 6) is 0.899. The summed E-state index contributed by atoms with van der Waals surface area (Å²) >= 11 is 0. The highest BCUT2D eigenvalue weighted by Gasteiger charge is 2.23. The number of aromatic nitrogens is 6. The van der Waals surface area contributed by atoms with Gasteiger partial charge in [0.05, 0.1) is 37.0 Å². The van der Waals surface area contributed by atoms with Crippen LogP contribution in [0.15, 0.2) is 41.7 Å². The van der Waals surface area contributed by atoms with E-state index in [4.69, 9.17) is 4.84 Å². The molecule has 3 aromatic heterocycles. The minimum absolute atomic E-state index is 0.0253. The van der Waals surface area contributed by atoms with E-state index < -0.39 is 15.9 Å². The molecule has 34 heavy (non-hydrogen) atoms. The van der Waals surface area contributed by atoms with Crippen LogP contribution in [0.4, 0.5) is 11.6 Å². The predicted octanol–water partition coefficient (Wildman–Crippen LogP) is 1.11. The Morgan fingerprint density at radius 2 is 2.09 bits per heavy atom. The number of sulfone groups is 1. The molecule has 0 saturated carbocycles. The first-order valence-corrected chi connectivity index (χ1v) is 12.4. The lowest BCUT2D eigenvalue weighted by Gasteiger charge is -2.12. The van der Waals surface area contributed by atoms with E-state index in [9.17, 15) is 13.5 Å². The third-order valence-electron chi connectivity index (χ3n) is 5.51. The topological polar surface area (TPSA) is 140 Å². The van der Waals surface area contributed by atoms with Gasteiger partial charge in [-0.05, 0) is 25.1 Å². The highest BCUT2D eigenvalue weighted by molar-refractivity contribution is 7.90. The second-order valence-corrected chi connectivity index (χ2v) is 10.2. The number of hydroxylamine groups is 2. The summed E-state index contributed by atoms with van der Waals surface area (Å²) in [6.45, 7) is 3.16. The molecule has 0 radical (unpaired) electrons. The smallest absolute Gasteiger partial charge is 0.229 e. The highest BCUT2D eigenvalue weighted by atomic mass is 32.2. The van der Waals surface area contributed by atoms with Gasteiger partial charge in [0.15, 0.2) is 20.7 Å². The van der Waals surface area contributed by atoms with Crippen molar-refractivity contribution >= 4 is 32.4 Å². The number of nitrogens with one attached hydrogen (secondary N) is 1. The molecule has 0 spiro atoms. The summed E-state index contributed by atoms with van der Waals surface area (Å²) in [6.07, 6.45) is 4.14. The van der Waals surface area contributed by atoms with E-state index in [1.807, 2.05) is 19.2 Å². The van der Waals surface area contributed by atoms with Gasteiger partial charge in [0.2, 0.25) is 5.95 Å². The fourth-order valence-electron chi connectivity index (χ4n) is 3.85. The molecule has 1 fully saturated rings. The maximum Gasteiger partial charge on any atom is 0.229 e. The van der Waals surface area contributed by atoms with E-state index in [1.54, 1.807) is 41.2 Å². The zero-order valence-corrected chi connectivity index (χ0v) is 19.7. The lowest BCUT2D eigenvalue weighted by molar-refractivity contribution is -0.118. The number of anilines is 2. The number of hydrogen-bond donors (Lipinski definition) is 2. The number of aliphatic hydroxyl groups excluding tert-OH is 1. The van der Waals surface area contributed by atoms with Gasteiger partial charge in [-0.3, -0.25) is 9.52 Å². The van der Waals surface area contributed by atoms with Crippen LogP contribution in [-0.4, -0.2) is 73.6 Å². The van der Waals surface area contributed by atoms with Gasteiger partial charge in [0, 0.05) is 48.4 Å². The van der Waals surface area contributed by atoms with Crippen molar-refractivity contribution in [1.82, 2.24) is 34.6 Å². The van der Waals surface area contributed by atoms with Crippen LogP contribution in [0.2, 0.25) is 0 Å². The van der Waals surface area contributed by atoms with E-state index in [1.165, 1.54) is 4.68 Å². The Labute approximate surface area is 195 Å². The standard InChI is InChI=1S/C21H24N8O4S/c1-13-14(9-28-11-16(30)12-33-28)10-29(25-13)19-6-7-22-21(24-19)23-15-4-5-18-17(8-15)20(26-27(18)2)34(3,31)32/h4-8,10,16,30H,9,11-12H2,1-3H3,(H,22,23,24). The SMILES string of the molecule is Cc1nn(-c2ccnc(Nc3ccc4c(c3)c(S(C)(=O)=O)nn4C)n2)cc1CN1CC(O)CO1. The normalized spacial score (nSPS) is 17.0. The molecule has 1 atom stereocenters. The van der Waals surface area contributed by atoms with E-state index in [0.29, 0.717) is 48.1 Å². The average molecular weight is 485 g/mol. The van der Waals surface area contributed by atoms with Gasteiger partial charge in [-0.1, -0.05) is 0 Å². The number of aryl methyl sites for hydroxylation is 2. The van der Waals surface area contributed by atoms with E-state index in [-0.39, 0.29) is 5.03 Å². The van der Waals surface area contributed by atoms with Gasteiger partial charge in [-0.25, -0.2) is 18.1 Å². The van der Waals surface area contributed by atoms with Crippen molar-refractivity contribution in [3.05, 3.63) is 47.9 Å². The number of benzene rings is 1. The zero-order valence-electron chi connectivity index (χ0n) is 18.9. The number of aliphatic hydroxyl groups is 1. The molecule has 4 aromatic rings. The van der Waals surface area contributed by atoms with Crippen molar-refractivity contribution in [1.29, 1.82) is 0 Å². The first-order chi connectivity index (χ1) is 16.2. The summed E-state index contributed by atoms with van der Waals surface area (Å²) in [4.78, 5) is 14.3. The predicted molar refractivity (Wildman–Crippen MR) is 123 cm³/mol. The molecule has 178 valence electrons. The zero-order chi connectivity index (χ0) is 24.0. The molecule has 0 amide bonds. The summed E-state index contributed by atoms with van der Waals surface area (Å²) in [6, 6.07) is 7.06. The molecule has 1 aromatic carbocycles. The van der Waals surface area contributed by atoms with Crippen molar-refractivity contribution in [2.24, 2.45) is 7.05 Å². The maximum atomic E-state index is 12.1. The quantitative estimate of drug-likeness (QED) is 0.409. The number of β-amino-alcohol motifs (C(OH)–C–C–N with tert-alkyl or cyclic N) is 1. The molecule has 2 N–H and O–H groups in total. The maximum absolute atomic E-state index is 12.1. The van der Waals surface area contributed by atoms with Gasteiger partial charge in [-0.2, -0.15) is 20.2 Å². The Balaban J connectivity index is 1.40. The molecule has 1 aliphatic heterocycles. The van der Waals surface area contributed by atoms with Crippen molar-refractivity contribution in [3.63, 3.8) is 0 Å². The summed E-state index contributed by atoms with van der Waals surface area (Å²) < 4.78 is 27.5. The van der Waals surface area contributed by atoms with Crippen molar-refractivity contribution in [2.75, 3.05) is 24.7 Å². The largest absolute Gasteiger partial charge is 0.389 e. The van der Waals surface area contributed by atoms with Crippen LogP contribution in [-0.2, 0) is 28.3 Å². The van der Waals surface area contributed by atoms with Crippen LogP contribution in [0.25, 0.3) is 16.7 Å². The number of rotatable bonds is 6. The minimum Gasteiger partial charge on any atom is -0.389 e. The number of nitrogens with zero attached hydrogens (tertiary/aromatic N) is 7. The molecule has 5 rings (SSSR count). The molecule has 4 heterocycles. The van der Waals surface area contributed by atoms with Crippen molar-refractivity contribution < 1.29 is 18.4 Å². The fraction of sp³-hybridized carbons (Fsp3) is 0.333. The Morgan fingerprint density at radius 1 is 1.26 bits per heavy atom. The summed E-state index contributed by atoms with van der Waals surface area (Å²) in [7, 11) is -1.78.